The van der Waals surface area contributed by atoms with E-state index in [0.717, 1.165) is 0 Å². The van der Waals surface area contributed by atoms with Gasteiger partial charge in [0, 0.05) is 36.6 Å². The molecule has 0 amide bonds. The Morgan fingerprint density at radius 2 is 2.19 bits per heavy atom. The molecule has 0 aromatic carbocycles. The van der Waals surface area contributed by atoms with Crippen LogP contribution >= 0.6 is 0 Å². The first-order valence-electron chi connectivity index (χ1n) is 5.38. The zero-order chi connectivity index (χ0) is 12.2. The average Bonchev–Trinajstić information content (AvgIpc) is 2.16. The fourth-order valence-corrected chi connectivity index (χ4v) is 1.32. The second-order valence-corrected chi connectivity index (χ2v) is 4.81. The summed E-state index contributed by atoms with van der Waals surface area (Å²) in [5.41, 5.74) is 6.73. The van der Waals surface area contributed by atoms with Gasteiger partial charge in [0.1, 0.15) is 0 Å². The number of aromatic nitrogens is 1. The number of carbonyl (C=O) groups is 1. The summed E-state index contributed by atoms with van der Waals surface area (Å²) in [4.78, 5) is 15.7. The summed E-state index contributed by atoms with van der Waals surface area (Å²) in [5, 5.41) is 3.26. The van der Waals surface area contributed by atoms with Gasteiger partial charge in [0.2, 0.25) is 0 Å². The maximum Gasteiger partial charge on any atom is 0.167 e. The van der Waals surface area contributed by atoms with Crippen LogP contribution in [0.5, 0.6) is 0 Å². The molecule has 16 heavy (non-hydrogen) atoms. The molecule has 0 saturated carbocycles. The number of ketones is 1. The minimum Gasteiger partial charge on any atom is -0.398 e. The zero-order valence-corrected chi connectivity index (χ0v) is 10.1. The molecule has 0 fully saturated rings. The lowest BCUT2D eigenvalue weighted by Gasteiger charge is -2.20. The highest BCUT2D eigenvalue weighted by Crippen LogP contribution is 2.11. The Bertz CT molecular complexity index is 369. The van der Waals surface area contributed by atoms with Gasteiger partial charge >= 0.3 is 0 Å². The highest BCUT2D eigenvalue weighted by atomic mass is 16.1. The Morgan fingerprint density at radius 3 is 2.75 bits per heavy atom. The Labute approximate surface area is 96.3 Å². The van der Waals surface area contributed by atoms with Gasteiger partial charge in [-0.2, -0.15) is 0 Å². The molecule has 3 N–H and O–H groups in total. The van der Waals surface area contributed by atoms with E-state index >= 15 is 0 Å². The summed E-state index contributed by atoms with van der Waals surface area (Å²) < 4.78 is 0. The molecule has 0 saturated heterocycles. The summed E-state index contributed by atoms with van der Waals surface area (Å²) in [6.45, 7) is 6.85. The van der Waals surface area contributed by atoms with E-state index in [0.29, 0.717) is 24.2 Å². The summed E-state index contributed by atoms with van der Waals surface area (Å²) in [6, 6.07) is 1.64. The molecular formula is C12H19N3O. The lowest BCUT2D eigenvalue weighted by Crippen LogP contribution is -2.37. The average molecular weight is 221 g/mol. The molecule has 1 heterocycles. The number of nitrogen functional groups attached to an aromatic ring is 1. The van der Waals surface area contributed by atoms with E-state index in [9.17, 15) is 4.79 Å². The van der Waals surface area contributed by atoms with Crippen molar-refractivity contribution in [3.05, 3.63) is 24.0 Å². The van der Waals surface area contributed by atoms with Crippen molar-refractivity contribution in [1.29, 1.82) is 0 Å². The first-order valence-corrected chi connectivity index (χ1v) is 5.38. The maximum absolute atomic E-state index is 11.8. The van der Waals surface area contributed by atoms with Crippen LogP contribution in [0.4, 0.5) is 5.69 Å². The van der Waals surface area contributed by atoms with Crippen LogP contribution in [-0.4, -0.2) is 22.9 Å². The van der Waals surface area contributed by atoms with E-state index < -0.39 is 0 Å². The van der Waals surface area contributed by atoms with Crippen molar-refractivity contribution in [1.82, 2.24) is 10.3 Å². The molecule has 0 spiro atoms. The number of nitrogens with one attached hydrogen (secondary N) is 1. The van der Waals surface area contributed by atoms with Crippen molar-refractivity contribution in [2.75, 3.05) is 12.3 Å². The minimum atomic E-state index is 0.0285. The van der Waals surface area contributed by atoms with Gasteiger partial charge in [-0.25, -0.2) is 0 Å². The standard InChI is InChI=1S/C12H19N3O/c1-12(2,3)15-7-5-11(16)9-8-14-6-4-10(9)13/h4,6,8,15H,5,7H2,1-3H3,(H2,13,14). The van der Waals surface area contributed by atoms with Crippen LogP contribution in [0, 0.1) is 0 Å². The topological polar surface area (TPSA) is 68.0 Å². The SMILES string of the molecule is CC(C)(C)NCCC(=O)c1cnccc1N. The molecule has 4 heteroatoms. The van der Waals surface area contributed by atoms with Crippen LogP contribution in [0.2, 0.25) is 0 Å². The smallest absolute Gasteiger partial charge is 0.167 e. The second-order valence-electron chi connectivity index (χ2n) is 4.81. The van der Waals surface area contributed by atoms with Crippen molar-refractivity contribution in [3.63, 3.8) is 0 Å². The Hall–Kier alpha value is -1.42. The number of hydrogen-bond acceptors (Lipinski definition) is 4. The predicted octanol–water partition coefficient (Wildman–Crippen LogP) is 1.62. The van der Waals surface area contributed by atoms with Crippen molar-refractivity contribution in [3.8, 4) is 0 Å². The molecule has 0 aliphatic carbocycles. The van der Waals surface area contributed by atoms with Crippen molar-refractivity contribution >= 4 is 11.5 Å². The van der Waals surface area contributed by atoms with Gasteiger partial charge in [0.25, 0.3) is 0 Å². The maximum atomic E-state index is 11.8. The molecule has 0 bridgehead atoms. The van der Waals surface area contributed by atoms with E-state index in [1.165, 1.54) is 6.20 Å². The monoisotopic (exact) mass is 221 g/mol. The quantitative estimate of drug-likeness (QED) is 0.758. The second kappa shape index (κ2) is 5.07. The zero-order valence-electron chi connectivity index (χ0n) is 10.1. The van der Waals surface area contributed by atoms with E-state index in [4.69, 9.17) is 5.73 Å². The lowest BCUT2D eigenvalue weighted by atomic mass is 10.1. The van der Waals surface area contributed by atoms with Crippen LogP contribution in [0.3, 0.4) is 0 Å². The molecule has 0 radical (unpaired) electrons. The first-order chi connectivity index (χ1) is 7.40. The minimum absolute atomic E-state index is 0.0285. The van der Waals surface area contributed by atoms with Gasteiger partial charge in [0.05, 0.1) is 5.56 Å². The molecule has 0 aliphatic heterocycles. The van der Waals surface area contributed by atoms with Gasteiger partial charge in [-0.1, -0.05) is 0 Å². The van der Waals surface area contributed by atoms with Crippen LogP contribution in [0.1, 0.15) is 37.6 Å². The van der Waals surface area contributed by atoms with Crippen LogP contribution < -0.4 is 11.1 Å². The lowest BCUT2D eigenvalue weighted by molar-refractivity contribution is 0.0981. The molecule has 4 nitrogen and oxygen atoms in total. The third kappa shape index (κ3) is 3.98. The van der Waals surface area contributed by atoms with Gasteiger partial charge in [-0.15, -0.1) is 0 Å². The number of nitrogens with zero attached hydrogens (tertiary/aromatic N) is 1. The molecule has 0 unspecified atom stereocenters. The number of hydrogen-bond donors (Lipinski definition) is 2. The van der Waals surface area contributed by atoms with E-state index in [-0.39, 0.29) is 11.3 Å². The molecule has 0 aliphatic rings. The van der Waals surface area contributed by atoms with E-state index in [2.05, 4.69) is 31.1 Å². The fraction of sp³-hybridized carbons (Fsp3) is 0.500. The highest BCUT2D eigenvalue weighted by molar-refractivity contribution is 6.00. The fourth-order valence-electron chi connectivity index (χ4n) is 1.32. The van der Waals surface area contributed by atoms with Crippen molar-refractivity contribution in [2.24, 2.45) is 0 Å². The molecule has 1 aromatic rings. The number of carbonyl (C=O) groups excluding carboxylic acids is 1. The van der Waals surface area contributed by atoms with Crippen LogP contribution in [0.15, 0.2) is 18.5 Å². The molecule has 1 aromatic heterocycles. The third-order valence-electron chi connectivity index (χ3n) is 2.16. The Kier molecular flexibility index (Phi) is 4.01. The Morgan fingerprint density at radius 1 is 1.50 bits per heavy atom. The number of nitrogens with two attached hydrogens (primary N) is 1. The molecular weight excluding hydrogens is 202 g/mol. The van der Waals surface area contributed by atoms with Gasteiger partial charge in [0.15, 0.2) is 5.78 Å². The van der Waals surface area contributed by atoms with Gasteiger partial charge in [-0.05, 0) is 26.8 Å². The Balaban J connectivity index is 2.51. The normalized spacial score (nSPS) is 11.4. The van der Waals surface area contributed by atoms with E-state index in [1.807, 2.05) is 0 Å². The number of rotatable bonds is 4. The predicted molar refractivity (Wildman–Crippen MR) is 65.4 cm³/mol. The largest absolute Gasteiger partial charge is 0.398 e. The van der Waals surface area contributed by atoms with Crippen molar-refractivity contribution in [2.45, 2.75) is 32.7 Å². The summed E-state index contributed by atoms with van der Waals surface area (Å²) in [7, 11) is 0. The van der Waals surface area contributed by atoms with E-state index in [1.54, 1.807) is 12.3 Å². The molecule has 1 rings (SSSR count). The van der Waals surface area contributed by atoms with Gasteiger partial charge in [-0.3, -0.25) is 9.78 Å². The number of pyridine rings is 1. The highest BCUT2D eigenvalue weighted by Gasteiger charge is 2.12. The van der Waals surface area contributed by atoms with Crippen molar-refractivity contribution < 1.29 is 4.79 Å². The van der Waals surface area contributed by atoms with Gasteiger partial charge < -0.3 is 11.1 Å². The molecule has 0 atom stereocenters. The summed E-state index contributed by atoms with van der Waals surface area (Å²) in [6.07, 6.45) is 3.54. The first kappa shape index (κ1) is 12.6. The van der Waals surface area contributed by atoms with Crippen LogP contribution in [-0.2, 0) is 0 Å². The summed E-state index contributed by atoms with van der Waals surface area (Å²) in [5.74, 6) is 0.0300. The van der Waals surface area contributed by atoms with Crippen LogP contribution in [0.25, 0.3) is 0 Å². The third-order valence-corrected chi connectivity index (χ3v) is 2.16. The number of anilines is 1. The molecule has 88 valence electrons. The summed E-state index contributed by atoms with van der Waals surface area (Å²) >= 11 is 0. The number of Topliss-reactive ketones (excluding diaryl/α,β-unsaturated/α-hetero) is 1.